The molecule has 1 aliphatic rings. The highest BCUT2D eigenvalue weighted by atomic mass is 79.9. The second kappa shape index (κ2) is 6.90. The van der Waals surface area contributed by atoms with Gasteiger partial charge in [0.25, 0.3) is 0 Å². The summed E-state index contributed by atoms with van der Waals surface area (Å²) in [6.45, 7) is 5.88. The molecule has 0 radical (unpaired) electrons. The molecule has 1 heterocycles. The van der Waals surface area contributed by atoms with E-state index in [-0.39, 0.29) is 6.42 Å². The van der Waals surface area contributed by atoms with Gasteiger partial charge >= 0.3 is 5.97 Å². The molecule has 1 aromatic rings. The van der Waals surface area contributed by atoms with Gasteiger partial charge < -0.3 is 10.0 Å². The first-order valence-electron chi connectivity index (χ1n) is 7.39. The molecule has 1 aromatic carbocycles. The zero-order valence-corrected chi connectivity index (χ0v) is 14.3. The van der Waals surface area contributed by atoms with Gasteiger partial charge in [0.05, 0.1) is 12.0 Å². The van der Waals surface area contributed by atoms with E-state index in [1.807, 2.05) is 12.1 Å². The van der Waals surface area contributed by atoms with E-state index in [1.165, 1.54) is 0 Å². The summed E-state index contributed by atoms with van der Waals surface area (Å²) in [5.41, 5.74) is 0.688. The standard InChI is InChI=1S/C16H23BrN2O2/c1-3-16(12-15(20)21,13-4-6-14(17)7-5-13)19-10-8-18(2)9-11-19/h4-7H,3,8-12H2,1-2H3,(H,20,21). The number of likely N-dealkylation sites (N-methyl/N-ethyl adjacent to an activating group) is 1. The highest BCUT2D eigenvalue weighted by Gasteiger charge is 2.40. The fraction of sp³-hybridized carbons (Fsp3) is 0.562. The van der Waals surface area contributed by atoms with Gasteiger partial charge in [0.2, 0.25) is 0 Å². The van der Waals surface area contributed by atoms with Crippen LogP contribution in [0.15, 0.2) is 28.7 Å². The zero-order chi connectivity index (χ0) is 15.5. The molecular formula is C16H23BrN2O2. The number of carboxylic acid groups (broad SMARTS) is 1. The van der Waals surface area contributed by atoms with Crippen molar-refractivity contribution in [1.82, 2.24) is 9.80 Å². The first-order chi connectivity index (χ1) is 9.98. The van der Waals surface area contributed by atoms with E-state index in [0.717, 1.165) is 42.6 Å². The van der Waals surface area contributed by atoms with E-state index in [2.05, 4.69) is 51.8 Å². The largest absolute Gasteiger partial charge is 0.481 e. The number of hydrogen-bond acceptors (Lipinski definition) is 3. The van der Waals surface area contributed by atoms with Crippen molar-refractivity contribution >= 4 is 21.9 Å². The lowest BCUT2D eigenvalue weighted by Gasteiger charge is -2.47. The Morgan fingerprint density at radius 3 is 2.29 bits per heavy atom. The monoisotopic (exact) mass is 354 g/mol. The van der Waals surface area contributed by atoms with Crippen molar-refractivity contribution in [3.63, 3.8) is 0 Å². The predicted molar refractivity (Wildman–Crippen MR) is 87.4 cm³/mol. The molecule has 0 bridgehead atoms. The lowest BCUT2D eigenvalue weighted by Crippen LogP contribution is -2.55. The maximum Gasteiger partial charge on any atom is 0.305 e. The zero-order valence-electron chi connectivity index (χ0n) is 12.7. The van der Waals surface area contributed by atoms with E-state index in [0.29, 0.717) is 0 Å². The molecular weight excluding hydrogens is 332 g/mol. The van der Waals surface area contributed by atoms with Crippen LogP contribution >= 0.6 is 15.9 Å². The van der Waals surface area contributed by atoms with Gasteiger partial charge in [-0.15, -0.1) is 0 Å². The fourth-order valence-electron chi connectivity index (χ4n) is 3.19. The Morgan fingerprint density at radius 2 is 1.81 bits per heavy atom. The van der Waals surface area contributed by atoms with Crippen LogP contribution < -0.4 is 0 Å². The van der Waals surface area contributed by atoms with Gasteiger partial charge in [0.1, 0.15) is 0 Å². The number of nitrogens with zero attached hydrogens (tertiary/aromatic N) is 2. The van der Waals surface area contributed by atoms with Gasteiger partial charge in [0, 0.05) is 30.7 Å². The molecule has 1 N–H and O–H groups in total. The number of carboxylic acids is 1. The van der Waals surface area contributed by atoms with Crippen LogP contribution in [0, 0.1) is 0 Å². The topological polar surface area (TPSA) is 43.8 Å². The van der Waals surface area contributed by atoms with Crippen molar-refractivity contribution in [2.75, 3.05) is 33.2 Å². The highest BCUT2D eigenvalue weighted by molar-refractivity contribution is 9.10. The number of piperazine rings is 1. The van der Waals surface area contributed by atoms with Crippen molar-refractivity contribution in [3.05, 3.63) is 34.3 Å². The molecule has 0 saturated carbocycles. The molecule has 116 valence electrons. The molecule has 5 heteroatoms. The quantitative estimate of drug-likeness (QED) is 0.882. The second-order valence-electron chi connectivity index (χ2n) is 5.75. The Kier molecular flexibility index (Phi) is 5.41. The van der Waals surface area contributed by atoms with E-state index in [4.69, 9.17) is 0 Å². The maximum atomic E-state index is 11.5. The number of aliphatic carboxylic acids is 1. The number of benzene rings is 1. The van der Waals surface area contributed by atoms with Gasteiger partial charge in [0.15, 0.2) is 0 Å². The normalized spacial score (nSPS) is 20.1. The molecule has 0 aromatic heterocycles. The molecule has 4 nitrogen and oxygen atoms in total. The summed E-state index contributed by atoms with van der Waals surface area (Å²) in [5.74, 6) is -0.737. The summed E-state index contributed by atoms with van der Waals surface area (Å²) in [5, 5.41) is 9.43. The average Bonchev–Trinajstić information content (AvgIpc) is 2.46. The van der Waals surface area contributed by atoms with Crippen molar-refractivity contribution < 1.29 is 9.90 Å². The van der Waals surface area contributed by atoms with Crippen LogP contribution in [0.3, 0.4) is 0 Å². The van der Waals surface area contributed by atoms with Crippen molar-refractivity contribution in [2.24, 2.45) is 0 Å². The first-order valence-corrected chi connectivity index (χ1v) is 8.18. The molecule has 21 heavy (non-hydrogen) atoms. The SMILES string of the molecule is CCC(CC(=O)O)(c1ccc(Br)cc1)N1CCN(C)CC1. The van der Waals surface area contributed by atoms with Gasteiger partial charge in [-0.25, -0.2) is 0 Å². The third kappa shape index (κ3) is 3.65. The van der Waals surface area contributed by atoms with Gasteiger partial charge in [-0.2, -0.15) is 0 Å². The van der Waals surface area contributed by atoms with Crippen LogP contribution in [0.25, 0.3) is 0 Å². The summed E-state index contributed by atoms with van der Waals surface area (Å²) >= 11 is 3.45. The summed E-state index contributed by atoms with van der Waals surface area (Å²) < 4.78 is 1.02. The number of carbonyl (C=O) groups is 1. The lowest BCUT2D eigenvalue weighted by molar-refractivity contribution is -0.141. The summed E-state index contributed by atoms with van der Waals surface area (Å²) in [6.07, 6.45) is 0.944. The fourth-order valence-corrected chi connectivity index (χ4v) is 3.46. The first kappa shape index (κ1) is 16.5. The molecule has 0 amide bonds. The molecule has 1 unspecified atom stereocenters. The minimum absolute atomic E-state index is 0.148. The molecule has 0 spiro atoms. The predicted octanol–water partition coefficient (Wildman–Crippen LogP) is 2.78. The lowest BCUT2D eigenvalue weighted by atomic mass is 9.81. The van der Waals surface area contributed by atoms with Crippen LogP contribution in [0.5, 0.6) is 0 Å². The molecule has 1 saturated heterocycles. The van der Waals surface area contributed by atoms with Crippen LogP contribution in [-0.4, -0.2) is 54.1 Å². The average molecular weight is 355 g/mol. The van der Waals surface area contributed by atoms with Gasteiger partial charge in [-0.3, -0.25) is 9.69 Å². The van der Waals surface area contributed by atoms with E-state index in [1.54, 1.807) is 0 Å². The van der Waals surface area contributed by atoms with Gasteiger partial charge in [-0.05, 0) is 31.2 Å². The summed E-state index contributed by atoms with van der Waals surface area (Å²) in [7, 11) is 2.11. The van der Waals surface area contributed by atoms with Crippen LogP contribution in [0.4, 0.5) is 0 Å². The van der Waals surface area contributed by atoms with E-state index < -0.39 is 11.5 Å². The molecule has 1 fully saturated rings. The van der Waals surface area contributed by atoms with Gasteiger partial charge in [-0.1, -0.05) is 35.0 Å². The summed E-state index contributed by atoms with van der Waals surface area (Å²) in [6, 6.07) is 8.10. The highest BCUT2D eigenvalue weighted by Crippen LogP contribution is 2.37. The van der Waals surface area contributed by atoms with Crippen LogP contribution in [-0.2, 0) is 10.3 Å². The van der Waals surface area contributed by atoms with E-state index in [9.17, 15) is 9.90 Å². The van der Waals surface area contributed by atoms with Crippen molar-refractivity contribution in [2.45, 2.75) is 25.3 Å². The number of hydrogen-bond donors (Lipinski definition) is 1. The Hall–Kier alpha value is -0.910. The molecule has 2 rings (SSSR count). The summed E-state index contributed by atoms with van der Waals surface area (Å²) in [4.78, 5) is 16.1. The van der Waals surface area contributed by atoms with Crippen molar-refractivity contribution in [3.8, 4) is 0 Å². The number of halogens is 1. The second-order valence-corrected chi connectivity index (χ2v) is 6.67. The van der Waals surface area contributed by atoms with Crippen LogP contribution in [0.1, 0.15) is 25.3 Å². The van der Waals surface area contributed by atoms with Crippen molar-refractivity contribution in [1.29, 1.82) is 0 Å². The minimum atomic E-state index is -0.737. The Morgan fingerprint density at radius 1 is 1.24 bits per heavy atom. The Labute approximate surface area is 134 Å². The third-order valence-electron chi connectivity index (χ3n) is 4.52. The minimum Gasteiger partial charge on any atom is -0.481 e. The molecule has 1 aliphatic heterocycles. The Balaban J connectivity index is 2.37. The smallest absolute Gasteiger partial charge is 0.305 e. The van der Waals surface area contributed by atoms with Crippen LogP contribution in [0.2, 0.25) is 0 Å². The molecule has 1 atom stereocenters. The number of rotatable bonds is 5. The third-order valence-corrected chi connectivity index (χ3v) is 5.05. The van der Waals surface area contributed by atoms with E-state index >= 15 is 0 Å². The maximum absolute atomic E-state index is 11.5. The Bertz CT molecular complexity index is 484. The molecule has 0 aliphatic carbocycles.